The number of aryl methyl sites for hydroxylation is 1. The zero-order chi connectivity index (χ0) is 23.4. The maximum Gasteiger partial charge on any atom is 0.419 e. The van der Waals surface area contributed by atoms with Crippen LogP contribution in [0.5, 0.6) is 5.75 Å². The third-order valence-corrected chi connectivity index (χ3v) is 5.93. The number of carbonyl (C=O) groups is 1. The van der Waals surface area contributed by atoms with Crippen LogP contribution in [0.3, 0.4) is 0 Å². The van der Waals surface area contributed by atoms with Gasteiger partial charge in [0.25, 0.3) is 0 Å². The van der Waals surface area contributed by atoms with Gasteiger partial charge in [0.2, 0.25) is 0 Å². The number of tetrazole rings is 1. The number of aromatic nitrogens is 5. The molecule has 2 aromatic carbocycles. The first kappa shape index (κ1) is 23.0. The summed E-state index contributed by atoms with van der Waals surface area (Å²) in [5.41, 5.74) is 2.22. The van der Waals surface area contributed by atoms with Crippen molar-refractivity contribution in [3.63, 3.8) is 0 Å². The molecule has 1 N–H and O–H groups in total. The number of hydrogen-bond donors (Lipinski definition) is 2. The normalized spacial score (nSPS) is 12.6. The summed E-state index contributed by atoms with van der Waals surface area (Å²) in [5, 5.41) is 13.4. The quantitative estimate of drug-likeness (QED) is 0.360. The summed E-state index contributed by atoms with van der Waals surface area (Å²) >= 11 is 6.01. The smallest absolute Gasteiger partial charge is 0.410 e. The molecule has 0 aliphatic carbocycles. The molecule has 0 spiro atoms. The molecule has 2 aromatic heterocycles. The minimum atomic E-state index is -4.48. The molecule has 0 radical (unpaired) electrons. The van der Waals surface area contributed by atoms with Crippen LogP contribution in [0, 0.1) is 0 Å². The third-order valence-electron chi connectivity index (χ3n) is 4.72. The number of amides is 1. The van der Waals surface area contributed by atoms with Gasteiger partial charge in [-0.1, -0.05) is 5.21 Å². The van der Waals surface area contributed by atoms with E-state index < -0.39 is 17.8 Å². The molecular formula is C20H17F3N6O2S2. The lowest BCUT2D eigenvalue weighted by molar-refractivity contribution is -0.137. The lowest BCUT2D eigenvalue weighted by atomic mass is 10.2. The third kappa shape index (κ3) is 5.79. The van der Waals surface area contributed by atoms with Crippen LogP contribution in [-0.2, 0) is 12.6 Å². The Morgan fingerprint density at radius 3 is 2.70 bits per heavy atom. The first-order valence-corrected chi connectivity index (χ1v) is 11.1. The van der Waals surface area contributed by atoms with Crippen molar-refractivity contribution in [2.45, 2.75) is 24.3 Å². The van der Waals surface area contributed by atoms with Crippen LogP contribution < -0.4 is 9.64 Å². The Morgan fingerprint density at radius 2 is 2.00 bits per heavy atom. The zero-order valence-electron chi connectivity index (χ0n) is 16.9. The average molecular weight is 495 g/mol. The number of thiazole rings is 1. The Balaban J connectivity index is 1.52. The fourth-order valence-electron chi connectivity index (χ4n) is 3.05. The maximum atomic E-state index is 13.0. The van der Waals surface area contributed by atoms with Gasteiger partial charge >= 0.3 is 12.3 Å². The largest absolute Gasteiger partial charge is 0.419 e. The molecule has 172 valence electrons. The van der Waals surface area contributed by atoms with Crippen LogP contribution >= 0.6 is 24.0 Å². The minimum Gasteiger partial charge on any atom is -0.410 e. The number of carbonyl (C=O) groups excluding carboxylic acids is 1. The van der Waals surface area contributed by atoms with Crippen molar-refractivity contribution in [1.29, 1.82) is 0 Å². The Hall–Kier alpha value is -3.19. The summed E-state index contributed by atoms with van der Waals surface area (Å²) in [6.45, 7) is 0.185. The molecule has 4 aromatic rings. The molecule has 2 heterocycles. The number of thiol groups is 1. The van der Waals surface area contributed by atoms with Crippen molar-refractivity contribution < 1.29 is 22.7 Å². The number of hydrogen-bond acceptors (Lipinski definition) is 8. The molecule has 1 unspecified atom stereocenters. The van der Waals surface area contributed by atoms with Crippen LogP contribution in [0.1, 0.15) is 17.8 Å². The van der Waals surface area contributed by atoms with E-state index >= 15 is 0 Å². The highest BCUT2D eigenvalue weighted by molar-refractivity contribution is 7.81. The lowest BCUT2D eigenvalue weighted by Gasteiger charge is -2.25. The topological polar surface area (TPSA) is 96.9 Å². The molecule has 1 atom stereocenters. The van der Waals surface area contributed by atoms with E-state index in [-0.39, 0.29) is 17.5 Å². The van der Waals surface area contributed by atoms with Crippen molar-refractivity contribution in [3.8, 4) is 5.75 Å². The predicted molar refractivity (Wildman–Crippen MR) is 120 cm³/mol. The molecular weight excluding hydrogens is 477 g/mol. The van der Waals surface area contributed by atoms with Gasteiger partial charge in [0.15, 0.2) is 5.82 Å². The van der Waals surface area contributed by atoms with E-state index in [2.05, 4.69) is 38.2 Å². The fourth-order valence-corrected chi connectivity index (χ4v) is 4.05. The van der Waals surface area contributed by atoms with E-state index in [0.717, 1.165) is 34.5 Å². The highest BCUT2D eigenvalue weighted by Crippen LogP contribution is 2.31. The number of anilines is 1. The van der Waals surface area contributed by atoms with Crippen molar-refractivity contribution >= 4 is 46.0 Å². The molecule has 0 aliphatic rings. The Labute approximate surface area is 195 Å². The second-order valence-corrected chi connectivity index (χ2v) is 8.64. The van der Waals surface area contributed by atoms with E-state index in [1.54, 1.807) is 23.7 Å². The van der Waals surface area contributed by atoms with Crippen molar-refractivity contribution in [2.24, 2.45) is 0 Å². The van der Waals surface area contributed by atoms with Gasteiger partial charge in [0.1, 0.15) is 5.75 Å². The summed E-state index contributed by atoms with van der Waals surface area (Å²) < 4.78 is 44.7. The number of nitrogens with zero attached hydrogens (tertiary/aromatic N) is 5. The molecule has 0 bridgehead atoms. The van der Waals surface area contributed by atoms with E-state index in [0.29, 0.717) is 24.4 Å². The molecule has 13 heteroatoms. The second kappa shape index (κ2) is 9.75. The number of nitrogens with one attached hydrogen (secondary N) is 1. The fraction of sp³-hybridized carbons (Fsp3) is 0.250. The van der Waals surface area contributed by atoms with Crippen LogP contribution in [-0.4, -0.2) is 43.5 Å². The van der Waals surface area contributed by atoms with Gasteiger partial charge in [0.05, 0.1) is 21.3 Å². The first-order chi connectivity index (χ1) is 15.8. The number of benzene rings is 2. The Bertz CT molecular complexity index is 1210. The van der Waals surface area contributed by atoms with E-state index in [1.165, 1.54) is 16.2 Å². The number of halogens is 3. The van der Waals surface area contributed by atoms with Gasteiger partial charge in [-0.2, -0.15) is 31.0 Å². The monoisotopic (exact) mass is 494 g/mol. The summed E-state index contributed by atoms with van der Waals surface area (Å²) in [5.74, 6) is 0.526. The Morgan fingerprint density at radius 1 is 1.21 bits per heavy atom. The molecule has 8 nitrogen and oxygen atoms in total. The molecule has 1 amide bonds. The number of aromatic amines is 1. The molecule has 0 saturated carbocycles. The summed E-state index contributed by atoms with van der Waals surface area (Å²) in [6, 6.07) is 9.27. The van der Waals surface area contributed by atoms with Gasteiger partial charge < -0.3 is 4.74 Å². The van der Waals surface area contributed by atoms with E-state index in [1.807, 2.05) is 0 Å². The molecule has 0 saturated heterocycles. The van der Waals surface area contributed by atoms with Crippen LogP contribution in [0.25, 0.3) is 10.2 Å². The first-order valence-electron chi connectivity index (χ1n) is 9.70. The second-order valence-electron chi connectivity index (χ2n) is 7.03. The van der Waals surface area contributed by atoms with Gasteiger partial charge in [-0.25, -0.2) is 9.78 Å². The maximum absolute atomic E-state index is 13.0. The predicted octanol–water partition coefficient (Wildman–Crippen LogP) is 4.76. The highest BCUT2D eigenvalue weighted by Gasteiger charge is 2.30. The van der Waals surface area contributed by atoms with E-state index in [4.69, 9.17) is 4.74 Å². The SMILES string of the molecule is O=C(Oc1ccc(C(F)(F)F)cc1)N(CC(S)CCc1nn[nH]n1)c1ccc2ncsc2c1. The van der Waals surface area contributed by atoms with E-state index in [9.17, 15) is 18.0 Å². The van der Waals surface area contributed by atoms with Gasteiger partial charge in [-0.15, -0.1) is 21.5 Å². The number of fused-ring (bicyclic) bond motifs is 1. The van der Waals surface area contributed by atoms with Crippen molar-refractivity contribution in [2.75, 3.05) is 11.4 Å². The van der Waals surface area contributed by atoms with Gasteiger partial charge in [-0.05, 0) is 48.9 Å². The molecule has 0 fully saturated rings. The number of H-pyrrole nitrogens is 1. The van der Waals surface area contributed by atoms with Crippen LogP contribution in [0.4, 0.5) is 23.7 Å². The summed E-state index contributed by atoms with van der Waals surface area (Å²) in [4.78, 5) is 18.7. The van der Waals surface area contributed by atoms with Gasteiger partial charge in [0, 0.05) is 23.9 Å². The van der Waals surface area contributed by atoms with Crippen molar-refractivity contribution in [3.05, 3.63) is 59.4 Å². The number of ether oxygens (including phenoxy) is 1. The van der Waals surface area contributed by atoms with Crippen molar-refractivity contribution in [1.82, 2.24) is 25.6 Å². The lowest BCUT2D eigenvalue weighted by Crippen LogP contribution is -2.38. The number of alkyl halides is 3. The molecule has 33 heavy (non-hydrogen) atoms. The Kier molecular flexibility index (Phi) is 6.79. The summed E-state index contributed by atoms with van der Waals surface area (Å²) in [6.07, 6.45) is -4.16. The summed E-state index contributed by atoms with van der Waals surface area (Å²) in [7, 11) is 0. The molecule has 0 aliphatic heterocycles. The van der Waals surface area contributed by atoms with Gasteiger partial charge in [-0.3, -0.25) is 4.90 Å². The minimum absolute atomic E-state index is 0.000574. The van der Waals surface area contributed by atoms with Crippen LogP contribution in [0.15, 0.2) is 48.0 Å². The standard InChI is InChI=1S/C20H17F3N6O2S2/c21-20(22,23)12-1-4-14(5-2-12)31-19(30)29(10-15(32)6-8-18-25-27-28-26-18)13-3-7-16-17(9-13)33-11-24-16/h1-5,7,9,11,15,32H,6,8,10H2,(H,25,26,27,28). The highest BCUT2D eigenvalue weighted by atomic mass is 32.1. The average Bonchev–Trinajstić information content (AvgIpc) is 3.47. The van der Waals surface area contributed by atoms with Crippen LogP contribution in [0.2, 0.25) is 0 Å². The molecule has 4 rings (SSSR count). The zero-order valence-corrected chi connectivity index (χ0v) is 18.6. The number of rotatable bonds is 7.